The maximum absolute atomic E-state index is 12.7. The highest BCUT2D eigenvalue weighted by Crippen LogP contribution is 2.30. The van der Waals surface area contributed by atoms with Gasteiger partial charge in [-0.05, 0) is 26.2 Å². The summed E-state index contributed by atoms with van der Waals surface area (Å²) in [6, 6.07) is -0.307. The van der Waals surface area contributed by atoms with Crippen molar-refractivity contribution in [2.75, 3.05) is 6.54 Å². The van der Waals surface area contributed by atoms with Crippen molar-refractivity contribution < 1.29 is 18.0 Å². The van der Waals surface area contributed by atoms with Crippen LogP contribution in [0, 0.1) is 6.92 Å². The van der Waals surface area contributed by atoms with E-state index in [1.165, 1.54) is 0 Å². The van der Waals surface area contributed by atoms with Crippen molar-refractivity contribution in [2.24, 2.45) is 0 Å². The molecule has 1 saturated heterocycles. The second-order valence-electron chi connectivity index (χ2n) is 5.58. The van der Waals surface area contributed by atoms with Crippen LogP contribution in [0.25, 0.3) is 0 Å². The molecule has 1 fully saturated rings. The zero-order chi connectivity index (χ0) is 17.3. The van der Waals surface area contributed by atoms with Crippen molar-refractivity contribution in [2.45, 2.75) is 38.4 Å². The quantitative estimate of drug-likeness (QED) is 0.906. The number of hydrogen-bond donors (Lipinski definition) is 1. The molecular formula is C14H15F3N6O. The Morgan fingerprint density at radius 2 is 2.00 bits per heavy atom. The summed E-state index contributed by atoms with van der Waals surface area (Å²) in [6.45, 7) is 2.24. The molecule has 10 heteroatoms. The average molecular weight is 340 g/mol. The van der Waals surface area contributed by atoms with E-state index < -0.39 is 17.9 Å². The third-order valence-electron chi connectivity index (χ3n) is 3.83. The first-order chi connectivity index (χ1) is 11.4. The van der Waals surface area contributed by atoms with Crippen LogP contribution in [0.4, 0.5) is 13.2 Å². The number of amides is 1. The summed E-state index contributed by atoms with van der Waals surface area (Å²) in [4.78, 5) is 25.0. The number of H-pyrrole nitrogens is 1. The van der Waals surface area contributed by atoms with Gasteiger partial charge in [0.2, 0.25) is 5.82 Å². The van der Waals surface area contributed by atoms with Gasteiger partial charge in [0.1, 0.15) is 5.82 Å². The first-order valence-corrected chi connectivity index (χ1v) is 7.45. The number of carbonyl (C=O) groups is 1. The fraction of sp³-hybridized carbons (Fsp3) is 0.500. The largest absolute Gasteiger partial charge is 0.451 e. The van der Waals surface area contributed by atoms with Gasteiger partial charge >= 0.3 is 6.18 Å². The number of aromatic nitrogens is 5. The lowest BCUT2D eigenvalue weighted by Gasteiger charge is -2.34. The molecule has 1 atom stereocenters. The highest BCUT2D eigenvalue weighted by atomic mass is 19.4. The standard InChI is InChI=1S/C14H15F3N6O/c1-8-20-11(22-21-8)10-4-2-3-5-23(10)12(24)9-6-18-13(19-7-9)14(15,16)17/h6-7,10H,2-5H2,1H3,(H,20,21,22)/t10-/m1/s1. The Bertz CT molecular complexity index is 727. The Labute approximate surface area is 135 Å². The van der Waals surface area contributed by atoms with Crippen molar-refractivity contribution in [3.8, 4) is 0 Å². The number of nitrogens with zero attached hydrogens (tertiary/aromatic N) is 5. The van der Waals surface area contributed by atoms with Gasteiger partial charge in [-0.2, -0.15) is 18.3 Å². The molecule has 1 N–H and O–H groups in total. The Morgan fingerprint density at radius 1 is 1.29 bits per heavy atom. The van der Waals surface area contributed by atoms with Crippen molar-refractivity contribution in [3.05, 3.63) is 35.4 Å². The number of aryl methyl sites for hydroxylation is 1. The molecule has 0 spiro atoms. The molecule has 3 heterocycles. The number of piperidine rings is 1. The van der Waals surface area contributed by atoms with Gasteiger partial charge in [0.05, 0.1) is 11.6 Å². The number of likely N-dealkylation sites (tertiary alicyclic amines) is 1. The van der Waals surface area contributed by atoms with E-state index in [-0.39, 0.29) is 11.6 Å². The molecule has 0 aliphatic carbocycles. The van der Waals surface area contributed by atoms with Gasteiger partial charge in [-0.15, -0.1) is 0 Å². The lowest BCUT2D eigenvalue weighted by Crippen LogP contribution is -2.39. The predicted molar refractivity (Wildman–Crippen MR) is 75.8 cm³/mol. The number of halogens is 3. The lowest BCUT2D eigenvalue weighted by molar-refractivity contribution is -0.145. The van der Waals surface area contributed by atoms with E-state index in [9.17, 15) is 18.0 Å². The maximum atomic E-state index is 12.7. The first kappa shape index (κ1) is 16.3. The number of hydrogen-bond acceptors (Lipinski definition) is 5. The van der Waals surface area contributed by atoms with Crippen molar-refractivity contribution >= 4 is 5.91 Å². The van der Waals surface area contributed by atoms with Crippen LogP contribution >= 0.6 is 0 Å². The fourth-order valence-corrected chi connectivity index (χ4v) is 2.70. The van der Waals surface area contributed by atoms with E-state index in [4.69, 9.17) is 0 Å². The van der Waals surface area contributed by atoms with Crippen molar-refractivity contribution in [1.82, 2.24) is 30.0 Å². The minimum absolute atomic E-state index is 0.0159. The van der Waals surface area contributed by atoms with E-state index in [2.05, 4.69) is 25.1 Å². The number of carbonyl (C=O) groups excluding carboxylic acids is 1. The average Bonchev–Trinajstić information content (AvgIpc) is 3.00. The van der Waals surface area contributed by atoms with Gasteiger partial charge < -0.3 is 4.90 Å². The van der Waals surface area contributed by atoms with E-state index >= 15 is 0 Å². The van der Waals surface area contributed by atoms with Gasteiger partial charge in [0.15, 0.2) is 5.82 Å². The molecule has 2 aromatic heterocycles. The van der Waals surface area contributed by atoms with Crippen LogP contribution in [0.3, 0.4) is 0 Å². The zero-order valence-corrected chi connectivity index (χ0v) is 12.8. The van der Waals surface area contributed by atoms with Crippen LogP contribution in [0.15, 0.2) is 12.4 Å². The number of alkyl halides is 3. The van der Waals surface area contributed by atoms with Crippen LogP contribution in [-0.4, -0.2) is 42.5 Å². The summed E-state index contributed by atoms with van der Waals surface area (Å²) < 4.78 is 37.6. The normalized spacial score (nSPS) is 18.7. The molecular weight excluding hydrogens is 325 g/mol. The van der Waals surface area contributed by atoms with Gasteiger partial charge in [0.25, 0.3) is 5.91 Å². The lowest BCUT2D eigenvalue weighted by atomic mass is 10.0. The Morgan fingerprint density at radius 3 is 2.58 bits per heavy atom. The summed E-state index contributed by atoms with van der Waals surface area (Å²) in [6.07, 6.45) is -0.380. The molecule has 2 aromatic rings. The molecule has 24 heavy (non-hydrogen) atoms. The van der Waals surface area contributed by atoms with Gasteiger partial charge in [0, 0.05) is 18.9 Å². The van der Waals surface area contributed by atoms with Crippen LogP contribution in [0.1, 0.15) is 53.1 Å². The molecule has 1 aliphatic rings. The van der Waals surface area contributed by atoms with Crippen molar-refractivity contribution in [1.29, 1.82) is 0 Å². The highest BCUT2D eigenvalue weighted by Gasteiger charge is 2.35. The molecule has 0 aromatic carbocycles. The summed E-state index contributed by atoms with van der Waals surface area (Å²) in [5.41, 5.74) is 0.0159. The second kappa shape index (κ2) is 6.17. The Kier molecular flexibility index (Phi) is 4.20. The minimum atomic E-state index is -4.63. The molecule has 0 bridgehead atoms. The number of nitrogens with one attached hydrogen (secondary N) is 1. The van der Waals surface area contributed by atoms with Gasteiger partial charge in [-0.25, -0.2) is 15.0 Å². The molecule has 128 valence electrons. The molecule has 0 saturated carbocycles. The Balaban J connectivity index is 1.84. The smallest absolute Gasteiger partial charge is 0.328 e. The summed E-state index contributed by atoms with van der Waals surface area (Å²) in [5.74, 6) is -0.538. The van der Waals surface area contributed by atoms with E-state index in [0.717, 1.165) is 25.2 Å². The molecule has 3 rings (SSSR count). The van der Waals surface area contributed by atoms with Gasteiger partial charge in [-0.3, -0.25) is 9.89 Å². The Hall–Kier alpha value is -2.52. The molecule has 1 amide bonds. The van der Waals surface area contributed by atoms with Crippen molar-refractivity contribution in [3.63, 3.8) is 0 Å². The topological polar surface area (TPSA) is 87.7 Å². The first-order valence-electron chi connectivity index (χ1n) is 7.45. The van der Waals surface area contributed by atoms with E-state index in [1.54, 1.807) is 11.8 Å². The SMILES string of the molecule is Cc1nc([C@H]2CCCCN2C(=O)c2cnc(C(F)(F)F)nc2)n[nH]1. The third-order valence-corrected chi connectivity index (χ3v) is 3.83. The van der Waals surface area contributed by atoms with Crippen LogP contribution in [-0.2, 0) is 6.18 Å². The van der Waals surface area contributed by atoms with Crippen LogP contribution < -0.4 is 0 Å². The van der Waals surface area contributed by atoms with Gasteiger partial charge in [-0.1, -0.05) is 0 Å². The molecule has 7 nitrogen and oxygen atoms in total. The summed E-state index contributed by atoms with van der Waals surface area (Å²) in [7, 11) is 0. The summed E-state index contributed by atoms with van der Waals surface area (Å²) >= 11 is 0. The van der Waals surface area contributed by atoms with Crippen LogP contribution in [0.2, 0.25) is 0 Å². The molecule has 0 unspecified atom stereocenters. The van der Waals surface area contributed by atoms with Crippen LogP contribution in [0.5, 0.6) is 0 Å². The summed E-state index contributed by atoms with van der Waals surface area (Å²) in [5, 5.41) is 6.84. The monoisotopic (exact) mass is 340 g/mol. The molecule has 1 aliphatic heterocycles. The number of rotatable bonds is 2. The maximum Gasteiger partial charge on any atom is 0.451 e. The fourth-order valence-electron chi connectivity index (χ4n) is 2.70. The highest BCUT2D eigenvalue weighted by molar-refractivity contribution is 5.93. The molecule has 0 radical (unpaired) electrons. The van der Waals surface area contributed by atoms with E-state index in [0.29, 0.717) is 24.6 Å². The minimum Gasteiger partial charge on any atom is -0.328 e. The van der Waals surface area contributed by atoms with E-state index in [1.807, 2.05) is 0 Å². The predicted octanol–water partition coefficient (Wildman–Crippen LogP) is 2.29. The number of aromatic amines is 1. The third kappa shape index (κ3) is 3.22. The zero-order valence-electron chi connectivity index (χ0n) is 12.8. The second-order valence-corrected chi connectivity index (χ2v) is 5.58.